The zero-order chi connectivity index (χ0) is 19.3. The van der Waals surface area contributed by atoms with Gasteiger partial charge in [-0.3, -0.25) is 9.36 Å². The summed E-state index contributed by atoms with van der Waals surface area (Å²) in [6.45, 7) is 0.483. The number of benzene rings is 2. The average Bonchev–Trinajstić information content (AvgIpc) is 3.38. The van der Waals surface area contributed by atoms with Crippen LogP contribution in [0, 0.1) is 5.82 Å². The Bertz CT molecular complexity index is 1080. The summed E-state index contributed by atoms with van der Waals surface area (Å²) in [5.74, 6) is 0.266. The molecule has 0 saturated carbocycles. The molecule has 28 heavy (non-hydrogen) atoms. The molecule has 0 aliphatic carbocycles. The number of rotatable bonds is 7. The van der Waals surface area contributed by atoms with Crippen LogP contribution in [0.1, 0.15) is 16.1 Å². The third-order valence-electron chi connectivity index (χ3n) is 4.25. The molecular weight excluding hydrogens is 375 g/mol. The third kappa shape index (κ3) is 3.89. The van der Waals surface area contributed by atoms with E-state index in [9.17, 15) is 9.18 Å². The minimum atomic E-state index is -0.358. The van der Waals surface area contributed by atoms with Gasteiger partial charge in [-0.25, -0.2) is 4.39 Å². The first-order valence-electron chi connectivity index (χ1n) is 8.74. The average molecular weight is 392 g/mol. The van der Waals surface area contributed by atoms with Crippen molar-refractivity contribution in [3.8, 4) is 11.4 Å². The van der Waals surface area contributed by atoms with Gasteiger partial charge in [0.15, 0.2) is 16.8 Å². The molecule has 0 saturated heterocycles. The highest BCUT2D eigenvalue weighted by atomic mass is 32.2. The first-order valence-corrected chi connectivity index (χ1v) is 9.72. The molecule has 0 radical (unpaired) electrons. The van der Waals surface area contributed by atoms with Crippen molar-refractivity contribution in [1.82, 2.24) is 19.7 Å². The summed E-state index contributed by atoms with van der Waals surface area (Å²) in [6, 6.07) is 19.8. The van der Waals surface area contributed by atoms with E-state index in [0.717, 1.165) is 5.56 Å². The second-order valence-electron chi connectivity index (χ2n) is 6.15. The number of H-pyrrole nitrogens is 1. The molecule has 2 aromatic carbocycles. The summed E-state index contributed by atoms with van der Waals surface area (Å²) in [5.41, 5.74) is 1.97. The topological polar surface area (TPSA) is 63.6 Å². The van der Waals surface area contributed by atoms with E-state index in [1.165, 1.54) is 17.8 Å². The Morgan fingerprint density at radius 1 is 1.00 bits per heavy atom. The van der Waals surface area contributed by atoms with Crippen LogP contribution in [0.4, 0.5) is 4.39 Å². The number of nitrogens with zero attached hydrogens (tertiary/aromatic N) is 3. The maximum Gasteiger partial charge on any atom is 0.192 e. The molecule has 4 aromatic rings. The fourth-order valence-electron chi connectivity index (χ4n) is 2.86. The molecule has 2 aromatic heterocycles. The minimum Gasteiger partial charge on any atom is -0.359 e. The fraction of sp³-hybridized carbons (Fsp3) is 0.0952. The predicted molar refractivity (Wildman–Crippen MR) is 107 cm³/mol. The number of aromatic amines is 1. The monoisotopic (exact) mass is 392 g/mol. The number of carbonyl (C=O) groups is 1. The highest BCUT2D eigenvalue weighted by Crippen LogP contribution is 2.27. The molecule has 0 aliphatic heterocycles. The molecule has 0 aliphatic rings. The number of aromatic nitrogens is 4. The van der Waals surface area contributed by atoms with Gasteiger partial charge in [0.05, 0.1) is 23.6 Å². The van der Waals surface area contributed by atoms with Crippen LogP contribution in [0.2, 0.25) is 0 Å². The molecule has 4 rings (SSSR count). The number of nitrogens with one attached hydrogen (secondary N) is 1. The van der Waals surface area contributed by atoms with Gasteiger partial charge in [0.25, 0.3) is 0 Å². The van der Waals surface area contributed by atoms with E-state index >= 15 is 0 Å². The lowest BCUT2D eigenvalue weighted by Gasteiger charge is -2.11. The fourth-order valence-corrected chi connectivity index (χ4v) is 3.68. The lowest BCUT2D eigenvalue weighted by Crippen LogP contribution is -2.07. The molecule has 0 unspecified atom stereocenters. The Hall–Kier alpha value is -3.19. The number of thioether (sulfide) groups is 1. The Kier molecular flexibility index (Phi) is 5.34. The highest BCUT2D eigenvalue weighted by molar-refractivity contribution is 7.99. The van der Waals surface area contributed by atoms with Crippen LogP contribution in [-0.2, 0) is 6.54 Å². The SMILES string of the molecule is O=C(CSc1nnc(-c2ccccc2F)n1Cc1ccccc1)c1ccc[nH]1. The first kappa shape index (κ1) is 18.2. The van der Waals surface area contributed by atoms with Crippen molar-refractivity contribution >= 4 is 17.5 Å². The van der Waals surface area contributed by atoms with Gasteiger partial charge in [-0.15, -0.1) is 10.2 Å². The number of ketones is 1. The number of carbonyl (C=O) groups excluding carboxylic acids is 1. The largest absolute Gasteiger partial charge is 0.359 e. The maximum absolute atomic E-state index is 14.4. The van der Waals surface area contributed by atoms with Gasteiger partial charge in [0, 0.05) is 6.20 Å². The molecular formula is C21H17FN4OS. The number of Topliss-reactive ketones (excluding diaryl/α,β-unsaturated/α-hetero) is 1. The highest BCUT2D eigenvalue weighted by Gasteiger charge is 2.18. The van der Waals surface area contributed by atoms with Crippen molar-refractivity contribution in [1.29, 1.82) is 0 Å². The van der Waals surface area contributed by atoms with Crippen molar-refractivity contribution in [3.05, 3.63) is 90.0 Å². The summed E-state index contributed by atoms with van der Waals surface area (Å²) in [7, 11) is 0. The van der Waals surface area contributed by atoms with Crippen molar-refractivity contribution in [2.75, 3.05) is 5.75 Å². The van der Waals surface area contributed by atoms with E-state index in [2.05, 4.69) is 15.2 Å². The van der Waals surface area contributed by atoms with Crippen LogP contribution in [-0.4, -0.2) is 31.3 Å². The van der Waals surface area contributed by atoms with Crippen LogP contribution in [0.3, 0.4) is 0 Å². The Labute approximate surface area is 165 Å². The molecule has 0 bridgehead atoms. The van der Waals surface area contributed by atoms with Crippen LogP contribution >= 0.6 is 11.8 Å². The number of hydrogen-bond acceptors (Lipinski definition) is 4. The molecule has 0 amide bonds. The minimum absolute atomic E-state index is 0.0308. The van der Waals surface area contributed by atoms with Gasteiger partial charge in [0.1, 0.15) is 5.82 Å². The number of halogens is 1. The van der Waals surface area contributed by atoms with Crippen LogP contribution in [0.15, 0.2) is 78.1 Å². The summed E-state index contributed by atoms with van der Waals surface area (Å²) in [4.78, 5) is 15.2. The van der Waals surface area contributed by atoms with Crippen molar-refractivity contribution in [2.24, 2.45) is 0 Å². The van der Waals surface area contributed by atoms with Gasteiger partial charge < -0.3 is 4.98 Å². The summed E-state index contributed by atoms with van der Waals surface area (Å²) in [5, 5.41) is 9.02. The van der Waals surface area contributed by atoms with Crippen molar-refractivity contribution < 1.29 is 9.18 Å². The lowest BCUT2D eigenvalue weighted by atomic mass is 10.2. The summed E-state index contributed by atoms with van der Waals surface area (Å²) in [6.07, 6.45) is 1.71. The zero-order valence-corrected chi connectivity index (χ0v) is 15.7. The quantitative estimate of drug-likeness (QED) is 0.373. The van der Waals surface area contributed by atoms with Crippen LogP contribution < -0.4 is 0 Å². The molecule has 140 valence electrons. The Morgan fingerprint density at radius 2 is 1.79 bits per heavy atom. The summed E-state index contributed by atoms with van der Waals surface area (Å²) >= 11 is 1.29. The zero-order valence-electron chi connectivity index (χ0n) is 14.9. The second-order valence-corrected chi connectivity index (χ2v) is 7.10. The Morgan fingerprint density at radius 3 is 2.54 bits per heavy atom. The first-order chi connectivity index (χ1) is 13.7. The Balaban J connectivity index is 1.66. The van der Waals surface area contributed by atoms with Crippen molar-refractivity contribution in [2.45, 2.75) is 11.7 Å². The molecule has 0 atom stereocenters. The lowest BCUT2D eigenvalue weighted by molar-refractivity contribution is 0.101. The molecule has 1 N–H and O–H groups in total. The van der Waals surface area contributed by atoms with Gasteiger partial charge in [0.2, 0.25) is 0 Å². The van der Waals surface area contributed by atoms with E-state index in [1.807, 2.05) is 34.9 Å². The number of hydrogen-bond donors (Lipinski definition) is 1. The molecule has 0 spiro atoms. The summed E-state index contributed by atoms with van der Waals surface area (Å²) < 4.78 is 16.2. The normalized spacial score (nSPS) is 10.9. The van der Waals surface area contributed by atoms with Crippen LogP contribution in [0.25, 0.3) is 11.4 Å². The smallest absolute Gasteiger partial charge is 0.192 e. The molecule has 0 fully saturated rings. The van der Waals surface area contributed by atoms with Gasteiger partial charge >= 0.3 is 0 Å². The standard InChI is InChI=1S/C21H17FN4OS/c22-17-10-5-4-9-16(17)20-24-25-21(26(20)13-15-7-2-1-3-8-15)28-14-19(27)18-11-6-12-23-18/h1-12,23H,13-14H2. The van der Waals surface area contributed by atoms with E-state index in [4.69, 9.17) is 0 Å². The van der Waals surface area contributed by atoms with E-state index in [0.29, 0.717) is 28.8 Å². The van der Waals surface area contributed by atoms with Gasteiger partial charge in [-0.1, -0.05) is 54.2 Å². The van der Waals surface area contributed by atoms with E-state index in [-0.39, 0.29) is 17.4 Å². The van der Waals surface area contributed by atoms with Gasteiger partial charge in [-0.05, 0) is 29.8 Å². The van der Waals surface area contributed by atoms with Gasteiger partial charge in [-0.2, -0.15) is 0 Å². The molecule has 5 nitrogen and oxygen atoms in total. The van der Waals surface area contributed by atoms with E-state index < -0.39 is 0 Å². The molecule has 7 heteroatoms. The molecule has 2 heterocycles. The van der Waals surface area contributed by atoms with E-state index in [1.54, 1.807) is 36.5 Å². The van der Waals surface area contributed by atoms with Crippen LogP contribution in [0.5, 0.6) is 0 Å². The predicted octanol–water partition coefficient (Wildman–Crippen LogP) is 4.44. The van der Waals surface area contributed by atoms with Crippen molar-refractivity contribution in [3.63, 3.8) is 0 Å². The third-order valence-corrected chi connectivity index (χ3v) is 5.21. The second kappa shape index (κ2) is 8.22. The maximum atomic E-state index is 14.4.